The minimum absolute atomic E-state index is 0. The zero-order valence-corrected chi connectivity index (χ0v) is 16.2. The van der Waals surface area contributed by atoms with Crippen molar-refractivity contribution in [1.29, 1.82) is 0 Å². The predicted octanol–water partition coefficient (Wildman–Crippen LogP) is 3.14. The van der Waals surface area contributed by atoms with Crippen molar-refractivity contribution in [2.75, 3.05) is 29.9 Å². The number of carbonyl (C=O) groups excluding carboxylic acids is 1. The van der Waals surface area contributed by atoms with Gasteiger partial charge in [-0.25, -0.2) is 0 Å². The first kappa shape index (κ1) is 20.6. The third-order valence-electron chi connectivity index (χ3n) is 4.87. The molecule has 26 heavy (non-hydrogen) atoms. The number of H-pyrrole nitrogens is 1. The van der Waals surface area contributed by atoms with Gasteiger partial charge in [0.2, 0.25) is 0 Å². The molecule has 0 spiro atoms. The number of amides is 1. The van der Waals surface area contributed by atoms with Crippen LogP contribution in [-0.4, -0.2) is 35.7 Å². The summed E-state index contributed by atoms with van der Waals surface area (Å²) in [5, 5.41) is 13.6. The van der Waals surface area contributed by atoms with Gasteiger partial charge in [-0.3, -0.25) is 9.89 Å². The maximum Gasteiger partial charge on any atom is 0.276 e. The molecule has 2 aliphatic heterocycles. The predicted molar refractivity (Wildman–Crippen MR) is 109 cm³/mol. The van der Waals surface area contributed by atoms with Gasteiger partial charge in [0.15, 0.2) is 5.69 Å². The molecule has 142 valence electrons. The van der Waals surface area contributed by atoms with Crippen molar-refractivity contribution in [1.82, 2.24) is 15.5 Å². The molecule has 1 aromatic carbocycles. The Hall–Kier alpha value is -1.76. The van der Waals surface area contributed by atoms with Gasteiger partial charge in [0.1, 0.15) is 0 Å². The summed E-state index contributed by atoms with van der Waals surface area (Å²) in [6.07, 6.45) is 4.60. The molecule has 1 aromatic heterocycles. The van der Waals surface area contributed by atoms with E-state index >= 15 is 0 Å². The lowest BCUT2D eigenvalue weighted by Gasteiger charge is -2.30. The second-order valence-electron chi connectivity index (χ2n) is 6.48. The smallest absolute Gasteiger partial charge is 0.276 e. The molecule has 0 atom stereocenters. The van der Waals surface area contributed by atoms with Crippen LogP contribution in [0.2, 0.25) is 0 Å². The normalized spacial score (nSPS) is 16.1. The Morgan fingerprint density at radius 3 is 2.69 bits per heavy atom. The molecular formula is C18H25Cl2N5O. The molecule has 2 aliphatic rings. The van der Waals surface area contributed by atoms with E-state index in [2.05, 4.69) is 31.8 Å². The van der Waals surface area contributed by atoms with Gasteiger partial charge in [-0.15, -0.1) is 24.8 Å². The molecule has 3 heterocycles. The van der Waals surface area contributed by atoms with Crippen LogP contribution in [0.4, 0.5) is 11.4 Å². The molecule has 8 heteroatoms. The van der Waals surface area contributed by atoms with Crippen LogP contribution in [0.3, 0.4) is 0 Å². The molecule has 0 bridgehead atoms. The summed E-state index contributed by atoms with van der Waals surface area (Å²) in [4.78, 5) is 15.1. The maximum absolute atomic E-state index is 12.7. The Morgan fingerprint density at radius 2 is 1.88 bits per heavy atom. The minimum Gasteiger partial charge on any atom is -0.370 e. The second-order valence-corrected chi connectivity index (χ2v) is 6.48. The number of benzene rings is 1. The van der Waals surface area contributed by atoms with Crippen LogP contribution in [0, 0.1) is 0 Å². The minimum atomic E-state index is -0.138. The monoisotopic (exact) mass is 397 g/mol. The van der Waals surface area contributed by atoms with Crippen molar-refractivity contribution in [3.05, 3.63) is 41.2 Å². The molecule has 4 rings (SSSR count). The lowest BCUT2D eigenvalue weighted by atomic mass is 10.1. The van der Waals surface area contributed by atoms with E-state index in [1.165, 1.54) is 19.3 Å². The number of nitrogens with zero attached hydrogens (tertiary/aromatic N) is 2. The first-order valence-corrected chi connectivity index (χ1v) is 8.75. The Morgan fingerprint density at radius 1 is 1.12 bits per heavy atom. The zero-order valence-electron chi connectivity index (χ0n) is 14.6. The average Bonchev–Trinajstić information content (AvgIpc) is 3.07. The summed E-state index contributed by atoms with van der Waals surface area (Å²) in [7, 11) is 0. The SMILES string of the molecule is Cl.Cl.O=C(Nc1ccccc1N1CCCCC1)c1n[nH]c2c1CNCC2. The fourth-order valence-electron chi connectivity index (χ4n) is 3.58. The third kappa shape index (κ3) is 4.14. The molecule has 3 N–H and O–H groups in total. The lowest BCUT2D eigenvalue weighted by Crippen LogP contribution is -2.30. The molecule has 0 unspecified atom stereocenters. The molecule has 1 fully saturated rings. The summed E-state index contributed by atoms with van der Waals surface area (Å²) in [6, 6.07) is 8.05. The Labute approximate surface area is 165 Å². The number of hydrogen-bond donors (Lipinski definition) is 3. The molecule has 0 saturated carbocycles. The van der Waals surface area contributed by atoms with E-state index in [-0.39, 0.29) is 30.7 Å². The number of anilines is 2. The first-order valence-electron chi connectivity index (χ1n) is 8.75. The number of fused-ring (bicyclic) bond motifs is 1. The van der Waals surface area contributed by atoms with E-state index in [9.17, 15) is 4.79 Å². The van der Waals surface area contributed by atoms with Crippen LogP contribution in [0.1, 0.15) is 41.0 Å². The number of piperidine rings is 1. The summed E-state index contributed by atoms with van der Waals surface area (Å²) < 4.78 is 0. The highest BCUT2D eigenvalue weighted by molar-refractivity contribution is 6.05. The summed E-state index contributed by atoms with van der Waals surface area (Å²) in [6.45, 7) is 3.72. The number of halogens is 2. The zero-order chi connectivity index (χ0) is 16.4. The van der Waals surface area contributed by atoms with E-state index in [0.717, 1.165) is 48.7 Å². The van der Waals surface area contributed by atoms with E-state index in [1.54, 1.807) is 0 Å². The Balaban J connectivity index is 0.00000121. The van der Waals surface area contributed by atoms with Crippen LogP contribution < -0.4 is 15.5 Å². The highest BCUT2D eigenvalue weighted by Gasteiger charge is 2.23. The molecule has 6 nitrogen and oxygen atoms in total. The van der Waals surface area contributed by atoms with Gasteiger partial charge in [0, 0.05) is 43.9 Å². The first-order chi connectivity index (χ1) is 11.8. The van der Waals surface area contributed by atoms with E-state index in [0.29, 0.717) is 12.2 Å². The molecule has 0 radical (unpaired) electrons. The molecular weight excluding hydrogens is 373 g/mol. The number of nitrogens with one attached hydrogen (secondary N) is 3. The van der Waals surface area contributed by atoms with Crippen LogP contribution in [0.5, 0.6) is 0 Å². The fraction of sp³-hybridized carbons (Fsp3) is 0.444. The second kappa shape index (κ2) is 9.26. The summed E-state index contributed by atoms with van der Waals surface area (Å²) in [5.74, 6) is -0.138. The molecule has 1 saturated heterocycles. The number of aromatic amines is 1. The van der Waals surface area contributed by atoms with Gasteiger partial charge in [-0.1, -0.05) is 12.1 Å². The number of rotatable bonds is 3. The van der Waals surface area contributed by atoms with Crippen LogP contribution in [-0.2, 0) is 13.0 Å². The van der Waals surface area contributed by atoms with Crippen LogP contribution in [0.15, 0.2) is 24.3 Å². The van der Waals surface area contributed by atoms with E-state index < -0.39 is 0 Å². The lowest BCUT2D eigenvalue weighted by molar-refractivity contribution is 0.102. The fourth-order valence-corrected chi connectivity index (χ4v) is 3.58. The van der Waals surface area contributed by atoms with E-state index in [4.69, 9.17) is 0 Å². The van der Waals surface area contributed by atoms with Crippen LogP contribution >= 0.6 is 24.8 Å². The molecule has 1 amide bonds. The molecule has 0 aliphatic carbocycles. The van der Waals surface area contributed by atoms with Gasteiger partial charge in [0.25, 0.3) is 5.91 Å². The Kier molecular flexibility index (Phi) is 7.32. The van der Waals surface area contributed by atoms with Crippen molar-refractivity contribution in [3.63, 3.8) is 0 Å². The van der Waals surface area contributed by atoms with Crippen molar-refractivity contribution in [2.45, 2.75) is 32.2 Å². The van der Waals surface area contributed by atoms with Crippen molar-refractivity contribution in [2.24, 2.45) is 0 Å². The standard InChI is InChI=1S/C18H23N5O.2ClH/c24-18(17-13-12-19-9-8-14(13)21-22-17)20-15-6-2-3-7-16(15)23-10-4-1-5-11-23;;/h2-3,6-7,19H,1,4-5,8-12H2,(H,20,24)(H,21,22);2*1H. The van der Waals surface area contributed by atoms with Gasteiger partial charge in [-0.2, -0.15) is 5.10 Å². The van der Waals surface area contributed by atoms with Gasteiger partial charge < -0.3 is 15.5 Å². The highest BCUT2D eigenvalue weighted by atomic mass is 35.5. The highest BCUT2D eigenvalue weighted by Crippen LogP contribution is 2.29. The third-order valence-corrected chi connectivity index (χ3v) is 4.87. The largest absolute Gasteiger partial charge is 0.370 e. The summed E-state index contributed by atoms with van der Waals surface area (Å²) in [5.41, 5.74) is 4.54. The quantitative estimate of drug-likeness (QED) is 0.743. The van der Waals surface area contributed by atoms with Gasteiger partial charge in [-0.05, 0) is 31.4 Å². The number of para-hydroxylation sites is 2. The van der Waals surface area contributed by atoms with Gasteiger partial charge >= 0.3 is 0 Å². The number of hydrogen-bond acceptors (Lipinski definition) is 4. The average molecular weight is 398 g/mol. The van der Waals surface area contributed by atoms with Crippen LogP contribution in [0.25, 0.3) is 0 Å². The topological polar surface area (TPSA) is 73.0 Å². The van der Waals surface area contributed by atoms with Gasteiger partial charge in [0.05, 0.1) is 11.4 Å². The van der Waals surface area contributed by atoms with Crippen molar-refractivity contribution < 1.29 is 4.79 Å². The maximum atomic E-state index is 12.7. The number of carbonyl (C=O) groups is 1. The molecule has 2 aromatic rings. The van der Waals surface area contributed by atoms with E-state index in [1.807, 2.05) is 18.2 Å². The summed E-state index contributed by atoms with van der Waals surface area (Å²) >= 11 is 0. The Bertz CT molecular complexity index is 743. The van der Waals surface area contributed by atoms with Crippen molar-refractivity contribution >= 4 is 42.1 Å². The number of aromatic nitrogens is 2. The van der Waals surface area contributed by atoms with Crippen molar-refractivity contribution in [3.8, 4) is 0 Å².